The summed E-state index contributed by atoms with van der Waals surface area (Å²) >= 11 is 2.77. The zero-order valence-electron chi connectivity index (χ0n) is 15.2. The molecule has 140 valence electrons. The van der Waals surface area contributed by atoms with E-state index in [-0.39, 0.29) is 5.91 Å². The molecular formula is C21H18N4OS2. The second-order valence-electron chi connectivity index (χ2n) is 6.12. The molecule has 2 aromatic carbocycles. The maximum absolute atomic E-state index is 12.8. The lowest BCUT2D eigenvalue weighted by Crippen LogP contribution is -2.22. The number of nitrogen functional groups attached to an aromatic ring is 1. The maximum Gasteiger partial charge on any atom is 0.263 e. The van der Waals surface area contributed by atoms with Crippen LogP contribution in [0.3, 0.4) is 0 Å². The van der Waals surface area contributed by atoms with Crippen molar-refractivity contribution >= 4 is 44.9 Å². The highest BCUT2D eigenvalue weighted by Gasteiger charge is 2.22. The fraction of sp³-hybridized carbons (Fsp3) is 0.0952. The van der Waals surface area contributed by atoms with Gasteiger partial charge in [-0.2, -0.15) is 0 Å². The van der Waals surface area contributed by atoms with Crippen LogP contribution >= 0.6 is 23.1 Å². The predicted octanol–water partition coefficient (Wildman–Crippen LogP) is 4.59. The van der Waals surface area contributed by atoms with Gasteiger partial charge in [-0.05, 0) is 11.8 Å². The Bertz CT molecular complexity index is 1130. The predicted molar refractivity (Wildman–Crippen MR) is 117 cm³/mol. The summed E-state index contributed by atoms with van der Waals surface area (Å²) in [6.45, 7) is 0.445. The van der Waals surface area contributed by atoms with Crippen LogP contribution in [0.1, 0.15) is 15.2 Å². The number of nitrogens with two attached hydrogens (primary N) is 1. The monoisotopic (exact) mass is 406 g/mol. The number of carbonyl (C=O) groups is 1. The molecule has 4 rings (SSSR count). The summed E-state index contributed by atoms with van der Waals surface area (Å²) in [6.07, 6.45) is 1.93. The molecule has 0 radical (unpaired) electrons. The first-order valence-electron chi connectivity index (χ1n) is 8.69. The summed E-state index contributed by atoms with van der Waals surface area (Å²) < 4.78 is 0. The van der Waals surface area contributed by atoms with Gasteiger partial charge in [0.1, 0.15) is 9.71 Å². The van der Waals surface area contributed by atoms with Gasteiger partial charge in [0.2, 0.25) is 0 Å². The number of fused-ring (bicyclic) bond motifs is 1. The van der Waals surface area contributed by atoms with E-state index in [9.17, 15) is 4.79 Å². The van der Waals surface area contributed by atoms with Crippen molar-refractivity contribution in [2.24, 2.45) is 0 Å². The minimum absolute atomic E-state index is 0.200. The maximum atomic E-state index is 12.8. The van der Waals surface area contributed by atoms with Crippen LogP contribution in [0.2, 0.25) is 0 Å². The lowest BCUT2D eigenvalue weighted by Gasteiger charge is -2.06. The molecule has 0 bridgehead atoms. The Morgan fingerprint density at radius 2 is 1.75 bits per heavy atom. The highest BCUT2D eigenvalue weighted by Crippen LogP contribution is 2.39. The zero-order valence-corrected chi connectivity index (χ0v) is 16.8. The van der Waals surface area contributed by atoms with E-state index in [1.807, 2.05) is 66.9 Å². The second-order valence-corrected chi connectivity index (χ2v) is 7.89. The number of aromatic nitrogens is 2. The average Bonchev–Trinajstić information content (AvgIpc) is 3.09. The number of amides is 1. The van der Waals surface area contributed by atoms with Crippen molar-refractivity contribution in [2.45, 2.75) is 11.7 Å². The molecule has 5 nitrogen and oxygen atoms in total. The van der Waals surface area contributed by atoms with E-state index in [1.165, 1.54) is 23.1 Å². The van der Waals surface area contributed by atoms with Crippen LogP contribution in [-0.2, 0) is 6.54 Å². The number of anilines is 1. The highest BCUT2D eigenvalue weighted by atomic mass is 32.2. The van der Waals surface area contributed by atoms with Crippen molar-refractivity contribution in [3.8, 4) is 11.3 Å². The van der Waals surface area contributed by atoms with Crippen molar-refractivity contribution in [3.05, 3.63) is 71.1 Å². The molecule has 0 atom stereocenters. The number of benzene rings is 2. The third kappa shape index (κ3) is 3.58. The molecule has 0 saturated carbocycles. The molecular weight excluding hydrogens is 388 g/mol. The number of nitrogens with one attached hydrogen (secondary N) is 1. The van der Waals surface area contributed by atoms with Crippen LogP contribution in [0, 0.1) is 0 Å². The Labute approximate surface area is 171 Å². The molecule has 0 unspecified atom stereocenters. The van der Waals surface area contributed by atoms with E-state index in [0.29, 0.717) is 22.3 Å². The van der Waals surface area contributed by atoms with Gasteiger partial charge in [0.05, 0.1) is 16.8 Å². The van der Waals surface area contributed by atoms with E-state index in [2.05, 4.69) is 15.3 Å². The molecule has 0 aliphatic carbocycles. The van der Waals surface area contributed by atoms with Crippen molar-refractivity contribution in [3.63, 3.8) is 0 Å². The normalized spacial score (nSPS) is 10.9. The molecule has 0 fully saturated rings. The van der Waals surface area contributed by atoms with Gasteiger partial charge in [0.25, 0.3) is 5.91 Å². The Morgan fingerprint density at radius 1 is 1.07 bits per heavy atom. The summed E-state index contributed by atoms with van der Waals surface area (Å²) in [5.74, 6) is -0.200. The molecule has 0 aliphatic rings. The van der Waals surface area contributed by atoms with Gasteiger partial charge in [-0.1, -0.05) is 72.4 Å². The largest absolute Gasteiger partial charge is 0.397 e. The topological polar surface area (TPSA) is 80.9 Å². The summed E-state index contributed by atoms with van der Waals surface area (Å²) in [5, 5.41) is 4.33. The average molecular weight is 407 g/mol. The SMILES string of the molecule is CSc1nc(-c2ccccc2)c2c(N)c(C(=O)NCc3ccccc3)sc2n1. The zero-order chi connectivity index (χ0) is 19.5. The number of nitrogens with zero attached hydrogens (tertiary/aromatic N) is 2. The van der Waals surface area contributed by atoms with Crippen LogP contribution in [0.4, 0.5) is 5.69 Å². The summed E-state index contributed by atoms with van der Waals surface area (Å²) in [7, 11) is 0. The van der Waals surface area contributed by atoms with Crippen molar-refractivity contribution in [2.75, 3.05) is 12.0 Å². The van der Waals surface area contributed by atoms with E-state index in [1.54, 1.807) is 0 Å². The summed E-state index contributed by atoms with van der Waals surface area (Å²) in [4.78, 5) is 23.2. The van der Waals surface area contributed by atoms with Crippen molar-refractivity contribution in [1.29, 1.82) is 0 Å². The molecule has 7 heteroatoms. The number of carbonyl (C=O) groups excluding carboxylic acids is 1. The second kappa shape index (κ2) is 8.00. The highest BCUT2D eigenvalue weighted by molar-refractivity contribution is 7.98. The summed E-state index contributed by atoms with van der Waals surface area (Å²) in [6, 6.07) is 19.6. The molecule has 4 aromatic rings. The number of hydrogen-bond donors (Lipinski definition) is 2. The molecule has 0 spiro atoms. The van der Waals surface area contributed by atoms with Crippen LogP contribution in [-0.4, -0.2) is 22.1 Å². The molecule has 0 aliphatic heterocycles. The number of rotatable bonds is 5. The third-order valence-corrected chi connectivity index (χ3v) is 5.95. The van der Waals surface area contributed by atoms with Gasteiger partial charge in [-0.3, -0.25) is 4.79 Å². The molecule has 2 aromatic heterocycles. The van der Waals surface area contributed by atoms with Gasteiger partial charge in [0.15, 0.2) is 5.16 Å². The number of thiophene rings is 1. The third-order valence-electron chi connectivity index (χ3n) is 4.30. The Kier molecular flexibility index (Phi) is 5.27. The van der Waals surface area contributed by atoms with Gasteiger partial charge in [-0.15, -0.1) is 11.3 Å². The lowest BCUT2D eigenvalue weighted by atomic mass is 10.1. The molecule has 28 heavy (non-hydrogen) atoms. The van der Waals surface area contributed by atoms with E-state index in [4.69, 9.17) is 5.73 Å². The molecule has 3 N–H and O–H groups in total. The van der Waals surface area contributed by atoms with Crippen molar-refractivity contribution < 1.29 is 4.79 Å². The minimum atomic E-state index is -0.200. The van der Waals surface area contributed by atoms with E-state index in [0.717, 1.165) is 27.0 Å². The molecule has 2 heterocycles. The van der Waals surface area contributed by atoms with Crippen LogP contribution < -0.4 is 11.1 Å². The molecule has 0 saturated heterocycles. The molecule has 1 amide bonds. The van der Waals surface area contributed by atoms with Crippen LogP contribution in [0.5, 0.6) is 0 Å². The van der Waals surface area contributed by atoms with Crippen LogP contribution in [0.25, 0.3) is 21.5 Å². The first-order valence-corrected chi connectivity index (χ1v) is 10.7. The quantitative estimate of drug-likeness (QED) is 0.374. The van der Waals surface area contributed by atoms with E-state index < -0.39 is 0 Å². The first-order chi connectivity index (χ1) is 13.7. The van der Waals surface area contributed by atoms with Gasteiger partial charge in [0, 0.05) is 12.1 Å². The Balaban J connectivity index is 1.74. The van der Waals surface area contributed by atoms with Gasteiger partial charge < -0.3 is 11.1 Å². The van der Waals surface area contributed by atoms with Crippen LogP contribution in [0.15, 0.2) is 65.8 Å². The first kappa shape index (κ1) is 18.5. The smallest absolute Gasteiger partial charge is 0.263 e. The Hall–Kier alpha value is -2.90. The van der Waals surface area contributed by atoms with Gasteiger partial charge in [-0.25, -0.2) is 9.97 Å². The van der Waals surface area contributed by atoms with Gasteiger partial charge >= 0.3 is 0 Å². The number of hydrogen-bond acceptors (Lipinski definition) is 6. The number of thioether (sulfide) groups is 1. The fourth-order valence-corrected chi connectivity index (χ4v) is 4.36. The fourth-order valence-electron chi connectivity index (χ4n) is 2.93. The Morgan fingerprint density at radius 3 is 2.43 bits per heavy atom. The standard InChI is InChI=1S/C21H18N4OS2/c1-27-21-24-17(14-10-6-3-7-11-14)15-16(22)18(28-20(15)25-21)19(26)23-12-13-8-4-2-5-9-13/h2-11H,12,22H2,1H3,(H,23,26). The minimum Gasteiger partial charge on any atom is -0.397 e. The van der Waals surface area contributed by atoms with Crippen molar-refractivity contribution in [1.82, 2.24) is 15.3 Å². The summed E-state index contributed by atoms with van der Waals surface area (Å²) in [5.41, 5.74) is 9.57. The van der Waals surface area contributed by atoms with E-state index >= 15 is 0 Å². The lowest BCUT2D eigenvalue weighted by molar-refractivity contribution is 0.0956.